The first-order valence-corrected chi connectivity index (χ1v) is 7.86. The first kappa shape index (κ1) is 17.5. The summed E-state index contributed by atoms with van der Waals surface area (Å²) in [5, 5.41) is 6.13. The predicted molar refractivity (Wildman–Crippen MR) is 82.7 cm³/mol. The van der Waals surface area contributed by atoms with Crippen LogP contribution in [0.1, 0.15) is 19.8 Å². The van der Waals surface area contributed by atoms with Crippen molar-refractivity contribution in [1.82, 2.24) is 10.3 Å². The van der Waals surface area contributed by atoms with Crippen LogP contribution in [0, 0.1) is 0 Å². The number of hydrogen-bond acceptors (Lipinski definition) is 5. The molecule has 0 aliphatic carbocycles. The summed E-state index contributed by atoms with van der Waals surface area (Å²) in [4.78, 5) is 15.9. The highest BCUT2D eigenvalue weighted by Crippen LogP contribution is 2.31. The van der Waals surface area contributed by atoms with Crippen molar-refractivity contribution < 1.29 is 22.7 Å². The van der Waals surface area contributed by atoms with E-state index < -0.39 is 6.36 Å². The van der Waals surface area contributed by atoms with E-state index in [2.05, 4.69) is 20.4 Å². The zero-order valence-corrected chi connectivity index (χ0v) is 13.2. The Morgan fingerprint density at radius 2 is 2.17 bits per heavy atom. The predicted octanol–water partition coefficient (Wildman–Crippen LogP) is 3.52. The fourth-order valence-electron chi connectivity index (χ4n) is 1.89. The molecule has 23 heavy (non-hydrogen) atoms. The van der Waals surface area contributed by atoms with E-state index in [4.69, 9.17) is 0 Å². The number of thiazole rings is 1. The third-order valence-electron chi connectivity index (χ3n) is 2.85. The van der Waals surface area contributed by atoms with Gasteiger partial charge in [0.15, 0.2) is 5.13 Å². The van der Waals surface area contributed by atoms with Crippen LogP contribution >= 0.6 is 11.3 Å². The molecule has 0 spiro atoms. The van der Waals surface area contributed by atoms with Crippen LogP contribution in [0.15, 0.2) is 18.2 Å². The van der Waals surface area contributed by atoms with Gasteiger partial charge in [0.1, 0.15) is 5.75 Å². The number of benzene rings is 1. The Balaban J connectivity index is 1.98. The van der Waals surface area contributed by atoms with Gasteiger partial charge in [0.05, 0.1) is 10.2 Å². The molecule has 0 aliphatic heterocycles. The maximum atomic E-state index is 12.2. The molecular weight excluding hydrogens is 331 g/mol. The highest BCUT2D eigenvalue weighted by molar-refractivity contribution is 7.22. The number of amides is 1. The van der Waals surface area contributed by atoms with E-state index in [0.717, 1.165) is 24.4 Å². The number of carbonyl (C=O) groups excluding carboxylic acids is 1. The smallest absolute Gasteiger partial charge is 0.406 e. The minimum absolute atomic E-state index is 0.172. The molecule has 0 unspecified atom stereocenters. The number of halogens is 3. The molecule has 126 valence electrons. The van der Waals surface area contributed by atoms with Gasteiger partial charge < -0.3 is 15.4 Å². The molecule has 0 saturated carbocycles. The highest BCUT2D eigenvalue weighted by atomic mass is 32.1. The summed E-state index contributed by atoms with van der Waals surface area (Å²) >= 11 is 1.10. The maximum Gasteiger partial charge on any atom is 0.573 e. The molecule has 5 nitrogen and oxygen atoms in total. The van der Waals surface area contributed by atoms with Crippen molar-refractivity contribution in [3.05, 3.63) is 18.2 Å². The Hall–Kier alpha value is -1.87. The number of fused-ring (bicyclic) bond motifs is 1. The molecule has 2 rings (SSSR count). The molecule has 0 bridgehead atoms. The van der Waals surface area contributed by atoms with Gasteiger partial charge in [-0.1, -0.05) is 18.3 Å². The molecule has 1 aromatic heterocycles. The van der Waals surface area contributed by atoms with Crippen LogP contribution in [-0.2, 0) is 4.79 Å². The van der Waals surface area contributed by atoms with E-state index in [-0.39, 0.29) is 11.7 Å². The maximum absolute atomic E-state index is 12.2. The molecule has 0 aliphatic rings. The zero-order valence-electron chi connectivity index (χ0n) is 12.4. The zero-order chi connectivity index (χ0) is 16.9. The number of nitrogens with zero attached hydrogens (tertiary/aromatic N) is 1. The molecule has 2 aromatic rings. The Bertz CT molecular complexity index is 673. The van der Waals surface area contributed by atoms with Gasteiger partial charge in [-0.3, -0.25) is 4.79 Å². The summed E-state index contributed by atoms with van der Waals surface area (Å²) in [6, 6.07) is 3.87. The number of aromatic nitrogens is 1. The summed E-state index contributed by atoms with van der Waals surface area (Å²) in [6.45, 7) is 3.58. The number of alkyl halides is 3. The van der Waals surface area contributed by atoms with Crippen LogP contribution in [-0.4, -0.2) is 30.3 Å². The lowest BCUT2D eigenvalue weighted by Gasteiger charge is -2.07. The SMILES string of the molecule is CCNCCCC(=O)Nc1nc2ccc(OC(F)(F)F)cc2s1. The van der Waals surface area contributed by atoms with Crippen LogP contribution in [0.4, 0.5) is 18.3 Å². The summed E-state index contributed by atoms with van der Waals surface area (Å²) in [6.07, 6.45) is -3.68. The number of ether oxygens (including phenoxy) is 1. The fourth-order valence-corrected chi connectivity index (χ4v) is 2.80. The molecule has 0 atom stereocenters. The third-order valence-corrected chi connectivity index (χ3v) is 3.78. The van der Waals surface area contributed by atoms with E-state index in [1.807, 2.05) is 6.92 Å². The van der Waals surface area contributed by atoms with Gasteiger partial charge in [-0.2, -0.15) is 0 Å². The van der Waals surface area contributed by atoms with Crippen LogP contribution in [0.5, 0.6) is 5.75 Å². The van der Waals surface area contributed by atoms with Crippen LogP contribution in [0.25, 0.3) is 10.2 Å². The Labute approximate surface area is 134 Å². The van der Waals surface area contributed by atoms with E-state index >= 15 is 0 Å². The minimum atomic E-state index is -4.73. The lowest BCUT2D eigenvalue weighted by atomic mass is 10.3. The molecule has 1 amide bonds. The Morgan fingerprint density at radius 1 is 1.39 bits per heavy atom. The first-order chi connectivity index (χ1) is 10.9. The average Bonchev–Trinajstić information content (AvgIpc) is 2.83. The van der Waals surface area contributed by atoms with Crippen LogP contribution in [0.3, 0.4) is 0 Å². The van der Waals surface area contributed by atoms with Gasteiger partial charge in [0.25, 0.3) is 0 Å². The van der Waals surface area contributed by atoms with Gasteiger partial charge in [-0.05, 0) is 31.6 Å². The first-order valence-electron chi connectivity index (χ1n) is 7.04. The van der Waals surface area contributed by atoms with E-state index in [1.165, 1.54) is 18.2 Å². The molecule has 1 heterocycles. The number of hydrogen-bond donors (Lipinski definition) is 2. The summed E-state index contributed by atoms with van der Waals surface area (Å²) in [5.74, 6) is -0.481. The van der Waals surface area contributed by atoms with Crippen molar-refractivity contribution >= 4 is 32.6 Å². The number of nitrogens with one attached hydrogen (secondary N) is 2. The van der Waals surface area contributed by atoms with E-state index in [1.54, 1.807) is 0 Å². The van der Waals surface area contributed by atoms with Crippen molar-refractivity contribution in [2.75, 3.05) is 18.4 Å². The second-order valence-corrected chi connectivity index (χ2v) is 5.73. The van der Waals surface area contributed by atoms with E-state index in [0.29, 0.717) is 28.2 Å². The van der Waals surface area contributed by atoms with Gasteiger partial charge >= 0.3 is 6.36 Å². The van der Waals surface area contributed by atoms with Crippen molar-refractivity contribution in [1.29, 1.82) is 0 Å². The van der Waals surface area contributed by atoms with Crippen LogP contribution in [0.2, 0.25) is 0 Å². The third kappa shape index (κ3) is 5.68. The largest absolute Gasteiger partial charge is 0.573 e. The van der Waals surface area contributed by atoms with Crippen molar-refractivity contribution in [3.63, 3.8) is 0 Å². The lowest BCUT2D eigenvalue weighted by molar-refractivity contribution is -0.274. The molecule has 0 radical (unpaired) electrons. The lowest BCUT2D eigenvalue weighted by Crippen LogP contribution is -2.17. The molecule has 9 heteroatoms. The fraction of sp³-hybridized carbons (Fsp3) is 0.429. The summed E-state index contributed by atoms with van der Waals surface area (Å²) in [7, 11) is 0. The molecule has 0 saturated heterocycles. The average molecular weight is 347 g/mol. The monoisotopic (exact) mass is 347 g/mol. The number of carbonyl (C=O) groups is 1. The Kier molecular flexibility index (Phi) is 5.78. The topological polar surface area (TPSA) is 63.2 Å². The summed E-state index contributed by atoms with van der Waals surface area (Å²) < 4.78 is 41.0. The molecule has 0 fully saturated rings. The molecular formula is C14H16F3N3O2S. The quantitative estimate of drug-likeness (QED) is 0.752. The van der Waals surface area contributed by atoms with Gasteiger partial charge in [-0.25, -0.2) is 4.98 Å². The Morgan fingerprint density at radius 3 is 2.87 bits per heavy atom. The summed E-state index contributed by atoms with van der Waals surface area (Å²) in [5.41, 5.74) is 0.507. The minimum Gasteiger partial charge on any atom is -0.406 e. The second kappa shape index (κ2) is 7.60. The highest BCUT2D eigenvalue weighted by Gasteiger charge is 2.31. The van der Waals surface area contributed by atoms with Crippen molar-refractivity contribution in [3.8, 4) is 5.75 Å². The number of anilines is 1. The number of rotatable bonds is 7. The molecule has 2 N–H and O–H groups in total. The second-order valence-electron chi connectivity index (χ2n) is 4.70. The van der Waals surface area contributed by atoms with Crippen molar-refractivity contribution in [2.45, 2.75) is 26.1 Å². The molecule has 1 aromatic carbocycles. The van der Waals surface area contributed by atoms with Gasteiger partial charge in [-0.15, -0.1) is 13.2 Å². The van der Waals surface area contributed by atoms with Crippen LogP contribution < -0.4 is 15.4 Å². The van der Waals surface area contributed by atoms with Gasteiger partial charge in [0, 0.05) is 12.5 Å². The van der Waals surface area contributed by atoms with Crippen molar-refractivity contribution in [2.24, 2.45) is 0 Å². The standard InChI is InChI=1S/C14H16F3N3O2S/c1-2-18-7-3-4-12(21)20-13-19-10-6-5-9(8-11(10)23-13)22-14(15,16)17/h5-6,8,18H,2-4,7H2,1H3,(H,19,20,21). The van der Waals surface area contributed by atoms with Gasteiger partial charge in [0.2, 0.25) is 5.91 Å². The van der Waals surface area contributed by atoms with E-state index in [9.17, 15) is 18.0 Å². The normalized spacial score (nSPS) is 11.7.